The number of hydrogen-bond acceptors (Lipinski definition) is 2. The summed E-state index contributed by atoms with van der Waals surface area (Å²) in [6.45, 7) is 2.48. The maximum atomic E-state index is 9.14. The molecule has 2 N–H and O–H groups in total. The third-order valence-corrected chi connectivity index (χ3v) is 3.82. The highest BCUT2D eigenvalue weighted by molar-refractivity contribution is 4.91. The average Bonchev–Trinajstić information content (AvgIpc) is 2.33. The second-order valence-corrected chi connectivity index (χ2v) is 5.02. The van der Waals surface area contributed by atoms with Crippen LogP contribution in [0.4, 0.5) is 0 Å². The lowest BCUT2D eigenvalue weighted by atomic mass is 9.76. The van der Waals surface area contributed by atoms with E-state index < -0.39 is 0 Å². The largest absolute Gasteiger partial charge is 0.396 e. The van der Waals surface area contributed by atoms with E-state index in [1.54, 1.807) is 0 Å². The Kier molecular flexibility index (Phi) is 6.74. The Morgan fingerprint density at radius 2 is 1.75 bits per heavy atom. The van der Waals surface area contributed by atoms with E-state index in [2.05, 4.69) is 19.1 Å². The van der Waals surface area contributed by atoms with Crippen LogP contribution in [0, 0.1) is 17.8 Å². The first kappa shape index (κ1) is 13.7. The molecule has 0 amide bonds. The van der Waals surface area contributed by atoms with E-state index in [0.717, 1.165) is 18.8 Å². The van der Waals surface area contributed by atoms with Gasteiger partial charge < -0.3 is 10.2 Å². The molecular weight excluding hydrogens is 200 g/mol. The predicted molar refractivity (Wildman–Crippen MR) is 67.2 cm³/mol. The van der Waals surface area contributed by atoms with Crippen molar-refractivity contribution in [3.05, 3.63) is 12.2 Å². The van der Waals surface area contributed by atoms with Crippen molar-refractivity contribution in [3.8, 4) is 0 Å². The Balaban J connectivity index is 2.27. The highest BCUT2D eigenvalue weighted by atomic mass is 16.3. The maximum Gasteiger partial charge on any atom is 0.0483 e. The molecule has 1 fully saturated rings. The number of hydrogen-bond donors (Lipinski definition) is 2. The van der Waals surface area contributed by atoms with Crippen LogP contribution >= 0.6 is 0 Å². The van der Waals surface area contributed by atoms with E-state index >= 15 is 0 Å². The van der Waals surface area contributed by atoms with Gasteiger partial charge in [0.05, 0.1) is 0 Å². The first-order valence-corrected chi connectivity index (χ1v) is 6.70. The number of unbranched alkanes of at least 4 members (excludes halogenated alkanes) is 1. The molecule has 0 aromatic carbocycles. The molecule has 94 valence electrons. The fourth-order valence-corrected chi connectivity index (χ4v) is 2.62. The third-order valence-electron chi connectivity index (χ3n) is 3.82. The van der Waals surface area contributed by atoms with Gasteiger partial charge in [-0.05, 0) is 43.9 Å². The van der Waals surface area contributed by atoms with Gasteiger partial charge in [0.1, 0.15) is 0 Å². The first-order valence-electron chi connectivity index (χ1n) is 6.70. The average molecular weight is 226 g/mol. The van der Waals surface area contributed by atoms with Gasteiger partial charge in [0.25, 0.3) is 0 Å². The quantitative estimate of drug-likeness (QED) is 0.684. The summed E-state index contributed by atoms with van der Waals surface area (Å²) in [5.74, 6) is 1.38. The van der Waals surface area contributed by atoms with Gasteiger partial charge in [0, 0.05) is 19.1 Å². The van der Waals surface area contributed by atoms with Gasteiger partial charge in [-0.25, -0.2) is 0 Å². The minimum atomic E-state index is 0.112. The Morgan fingerprint density at radius 3 is 2.25 bits per heavy atom. The van der Waals surface area contributed by atoms with Gasteiger partial charge in [0.2, 0.25) is 0 Å². The summed E-state index contributed by atoms with van der Waals surface area (Å²) in [6, 6.07) is 0. The summed E-state index contributed by atoms with van der Waals surface area (Å²) in [5, 5.41) is 18.3. The van der Waals surface area contributed by atoms with Crippen molar-refractivity contribution in [2.24, 2.45) is 17.8 Å². The van der Waals surface area contributed by atoms with E-state index in [9.17, 15) is 0 Å². The molecular formula is C14H26O2. The minimum absolute atomic E-state index is 0.112. The molecule has 1 aliphatic rings. The van der Waals surface area contributed by atoms with Gasteiger partial charge in [-0.2, -0.15) is 0 Å². The van der Waals surface area contributed by atoms with Crippen molar-refractivity contribution in [1.82, 2.24) is 0 Å². The smallest absolute Gasteiger partial charge is 0.0483 e. The van der Waals surface area contributed by atoms with E-state index in [-0.39, 0.29) is 19.1 Å². The molecule has 1 aliphatic carbocycles. The lowest BCUT2D eigenvalue weighted by Crippen LogP contribution is -2.26. The van der Waals surface area contributed by atoms with Gasteiger partial charge in [-0.1, -0.05) is 25.5 Å². The zero-order valence-corrected chi connectivity index (χ0v) is 10.4. The highest BCUT2D eigenvalue weighted by Gasteiger charge is 2.25. The summed E-state index contributed by atoms with van der Waals surface area (Å²) in [5.41, 5.74) is 0. The summed E-state index contributed by atoms with van der Waals surface area (Å²) in [6.07, 6.45) is 11.9. The van der Waals surface area contributed by atoms with Crippen LogP contribution < -0.4 is 0 Å². The van der Waals surface area contributed by atoms with E-state index in [0.29, 0.717) is 5.92 Å². The first-order chi connectivity index (χ1) is 7.81. The topological polar surface area (TPSA) is 40.5 Å². The Labute approximate surface area is 99.4 Å². The summed E-state index contributed by atoms with van der Waals surface area (Å²) in [4.78, 5) is 0. The Hall–Kier alpha value is -0.340. The number of aliphatic hydroxyl groups is 2. The van der Waals surface area contributed by atoms with Crippen molar-refractivity contribution in [2.45, 2.75) is 45.4 Å². The predicted octanol–water partition coefficient (Wildman–Crippen LogP) is 2.75. The van der Waals surface area contributed by atoms with Gasteiger partial charge in [0.15, 0.2) is 0 Å². The summed E-state index contributed by atoms with van der Waals surface area (Å²) >= 11 is 0. The maximum absolute atomic E-state index is 9.14. The number of aliphatic hydroxyl groups excluding tert-OH is 2. The van der Waals surface area contributed by atoms with Crippen LogP contribution in [0.2, 0.25) is 0 Å². The van der Waals surface area contributed by atoms with Crippen LogP contribution in [-0.2, 0) is 0 Å². The van der Waals surface area contributed by atoms with E-state index in [1.807, 2.05) is 0 Å². The lowest BCUT2D eigenvalue weighted by Gasteiger charge is -2.31. The van der Waals surface area contributed by atoms with Crippen LogP contribution in [0.3, 0.4) is 0 Å². The van der Waals surface area contributed by atoms with Crippen molar-refractivity contribution in [3.63, 3.8) is 0 Å². The van der Waals surface area contributed by atoms with Crippen molar-refractivity contribution >= 4 is 0 Å². The number of rotatable bonds is 6. The van der Waals surface area contributed by atoms with Crippen LogP contribution in [0.5, 0.6) is 0 Å². The van der Waals surface area contributed by atoms with Crippen molar-refractivity contribution in [2.75, 3.05) is 13.2 Å². The SMILES string of the molecule is CCCC=C[C@H]1CC[C@H](C(CO)CO)CC1. The molecule has 2 heteroatoms. The zero-order chi connectivity index (χ0) is 11.8. The van der Waals surface area contributed by atoms with Gasteiger partial charge >= 0.3 is 0 Å². The summed E-state index contributed by atoms with van der Waals surface area (Å²) in [7, 11) is 0. The Bertz CT molecular complexity index is 189. The summed E-state index contributed by atoms with van der Waals surface area (Å²) < 4.78 is 0. The highest BCUT2D eigenvalue weighted by Crippen LogP contribution is 2.33. The molecule has 0 unspecified atom stereocenters. The van der Waals surface area contributed by atoms with Gasteiger partial charge in [-0.3, -0.25) is 0 Å². The molecule has 1 rings (SSSR count). The Morgan fingerprint density at radius 1 is 1.12 bits per heavy atom. The fraction of sp³-hybridized carbons (Fsp3) is 0.857. The van der Waals surface area contributed by atoms with Crippen LogP contribution in [0.25, 0.3) is 0 Å². The molecule has 0 atom stereocenters. The van der Waals surface area contributed by atoms with E-state index in [1.165, 1.54) is 25.7 Å². The second-order valence-electron chi connectivity index (χ2n) is 5.02. The monoisotopic (exact) mass is 226 g/mol. The number of allylic oxidation sites excluding steroid dienone is 2. The molecule has 0 aromatic rings. The molecule has 0 bridgehead atoms. The standard InChI is InChI=1S/C14H26O2/c1-2-3-4-5-12-6-8-13(9-7-12)14(10-15)11-16/h4-5,12-16H,2-3,6-11H2,1H3/t12-,13-. The van der Waals surface area contributed by atoms with Crippen LogP contribution in [-0.4, -0.2) is 23.4 Å². The molecule has 0 heterocycles. The van der Waals surface area contributed by atoms with Gasteiger partial charge in [-0.15, -0.1) is 0 Å². The molecule has 0 aromatic heterocycles. The molecule has 0 radical (unpaired) electrons. The zero-order valence-electron chi connectivity index (χ0n) is 10.4. The molecule has 0 saturated heterocycles. The lowest BCUT2D eigenvalue weighted by molar-refractivity contribution is 0.0833. The molecule has 1 saturated carbocycles. The third kappa shape index (κ3) is 4.26. The molecule has 0 aliphatic heterocycles. The fourth-order valence-electron chi connectivity index (χ4n) is 2.62. The molecule has 16 heavy (non-hydrogen) atoms. The van der Waals surface area contributed by atoms with Crippen molar-refractivity contribution < 1.29 is 10.2 Å². The molecule has 0 spiro atoms. The normalized spacial score (nSPS) is 26.8. The van der Waals surface area contributed by atoms with Crippen molar-refractivity contribution in [1.29, 1.82) is 0 Å². The van der Waals surface area contributed by atoms with Crippen LogP contribution in [0.1, 0.15) is 45.4 Å². The second kappa shape index (κ2) is 7.86. The van der Waals surface area contributed by atoms with Crippen LogP contribution in [0.15, 0.2) is 12.2 Å². The minimum Gasteiger partial charge on any atom is -0.396 e. The molecule has 2 nitrogen and oxygen atoms in total. The van der Waals surface area contributed by atoms with E-state index in [4.69, 9.17) is 10.2 Å².